The van der Waals surface area contributed by atoms with E-state index in [1.165, 1.54) is 11.1 Å². The molecule has 0 saturated heterocycles. The number of fused-ring (bicyclic) bond motifs is 1. The Kier molecular flexibility index (Phi) is 2.94. The summed E-state index contributed by atoms with van der Waals surface area (Å²) in [6.45, 7) is 1.86. The molecule has 0 amide bonds. The Bertz CT molecular complexity index is 660. The molecule has 3 nitrogen and oxygen atoms in total. The van der Waals surface area contributed by atoms with Gasteiger partial charge in [0.25, 0.3) is 0 Å². The molecular weight excluding hydrogens is 260 g/mol. The summed E-state index contributed by atoms with van der Waals surface area (Å²) in [7, 11) is 1.83. The fraction of sp³-hybridized carbons (Fsp3) is 0.333. The van der Waals surface area contributed by atoms with Gasteiger partial charge in [-0.15, -0.1) is 0 Å². The Hall–Kier alpha value is -1.61. The van der Waals surface area contributed by atoms with Gasteiger partial charge in [-0.1, -0.05) is 35.9 Å². The Labute approximate surface area is 117 Å². The molecule has 1 atom stereocenters. The van der Waals surface area contributed by atoms with Crippen LogP contribution in [0.15, 0.2) is 24.3 Å². The van der Waals surface area contributed by atoms with Crippen LogP contribution in [-0.2, 0) is 24.7 Å². The molecule has 1 aliphatic carbocycles. The Morgan fingerprint density at radius 3 is 2.84 bits per heavy atom. The number of carbonyl (C=O) groups excluding carboxylic acids is 1. The molecule has 0 spiro atoms. The molecule has 19 heavy (non-hydrogen) atoms. The lowest BCUT2D eigenvalue weighted by atomic mass is 9.74. The fourth-order valence-electron chi connectivity index (χ4n) is 2.71. The van der Waals surface area contributed by atoms with Crippen LogP contribution in [0.4, 0.5) is 0 Å². The number of nitrogens with zero attached hydrogens (tertiary/aromatic N) is 2. The zero-order valence-corrected chi connectivity index (χ0v) is 11.7. The van der Waals surface area contributed by atoms with Crippen LogP contribution in [0.2, 0.25) is 5.02 Å². The third-order valence-electron chi connectivity index (χ3n) is 3.85. The molecule has 98 valence electrons. The summed E-state index contributed by atoms with van der Waals surface area (Å²) in [5, 5.41) is 4.86. The summed E-state index contributed by atoms with van der Waals surface area (Å²) < 4.78 is 1.71. The molecule has 1 aromatic heterocycles. The monoisotopic (exact) mass is 274 g/mol. The topological polar surface area (TPSA) is 34.9 Å². The molecular formula is C15H15ClN2O. The van der Waals surface area contributed by atoms with Crippen LogP contribution in [0.3, 0.4) is 0 Å². The summed E-state index contributed by atoms with van der Waals surface area (Å²) in [5.74, 6) is 0.256. The zero-order valence-electron chi connectivity index (χ0n) is 11.0. The van der Waals surface area contributed by atoms with E-state index >= 15 is 0 Å². The van der Waals surface area contributed by atoms with Gasteiger partial charge in [-0.25, -0.2) is 0 Å². The second-order valence-corrected chi connectivity index (χ2v) is 5.45. The van der Waals surface area contributed by atoms with Crippen molar-refractivity contribution < 1.29 is 4.79 Å². The van der Waals surface area contributed by atoms with E-state index in [-0.39, 0.29) is 11.7 Å². The minimum absolute atomic E-state index is 0.0301. The quantitative estimate of drug-likeness (QED) is 0.863. The number of ketones is 1. The van der Waals surface area contributed by atoms with Crippen LogP contribution >= 0.6 is 11.6 Å². The van der Waals surface area contributed by atoms with E-state index in [1.807, 2.05) is 32.2 Å². The highest BCUT2D eigenvalue weighted by atomic mass is 35.5. The number of rotatable bonds is 3. The van der Waals surface area contributed by atoms with Crippen LogP contribution in [0, 0.1) is 6.92 Å². The lowest BCUT2D eigenvalue weighted by Crippen LogP contribution is -2.27. The van der Waals surface area contributed by atoms with Gasteiger partial charge in [-0.2, -0.15) is 5.10 Å². The lowest BCUT2D eigenvalue weighted by molar-refractivity contribution is -0.120. The third-order valence-corrected chi connectivity index (χ3v) is 4.34. The summed E-state index contributed by atoms with van der Waals surface area (Å²) in [6.07, 6.45) is 1.21. The van der Waals surface area contributed by atoms with Crippen molar-refractivity contribution in [1.29, 1.82) is 0 Å². The molecule has 2 aromatic rings. The first kappa shape index (κ1) is 12.4. The summed E-state index contributed by atoms with van der Waals surface area (Å²) in [4.78, 5) is 12.4. The number of benzene rings is 1. The summed E-state index contributed by atoms with van der Waals surface area (Å²) in [6, 6.07) is 8.12. The fourth-order valence-corrected chi connectivity index (χ4v) is 2.93. The maximum Gasteiger partial charge on any atom is 0.146 e. The Morgan fingerprint density at radius 1 is 1.47 bits per heavy atom. The summed E-state index contributed by atoms with van der Waals surface area (Å²) in [5.41, 5.74) is 4.05. The Morgan fingerprint density at radius 2 is 2.21 bits per heavy atom. The van der Waals surface area contributed by atoms with Gasteiger partial charge in [0.05, 0.1) is 22.8 Å². The molecule has 4 heteroatoms. The van der Waals surface area contributed by atoms with Crippen molar-refractivity contribution in [2.45, 2.75) is 25.7 Å². The SMILES string of the molecule is Cc1nn(C)c(CC(=O)C2Cc3ccccc32)c1Cl. The first-order valence-corrected chi connectivity index (χ1v) is 6.74. The van der Waals surface area contributed by atoms with Crippen molar-refractivity contribution in [3.8, 4) is 0 Å². The van der Waals surface area contributed by atoms with Gasteiger partial charge in [0.2, 0.25) is 0 Å². The maximum atomic E-state index is 12.4. The van der Waals surface area contributed by atoms with E-state index in [1.54, 1.807) is 4.68 Å². The van der Waals surface area contributed by atoms with Crippen LogP contribution in [-0.4, -0.2) is 15.6 Å². The van der Waals surface area contributed by atoms with Crippen molar-refractivity contribution in [3.05, 3.63) is 51.8 Å². The second-order valence-electron chi connectivity index (χ2n) is 5.07. The van der Waals surface area contributed by atoms with Crippen molar-refractivity contribution in [3.63, 3.8) is 0 Å². The van der Waals surface area contributed by atoms with Crippen LogP contribution < -0.4 is 0 Å². The van der Waals surface area contributed by atoms with Crippen LogP contribution in [0.1, 0.15) is 28.4 Å². The average Bonchev–Trinajstić information content (AvgIpc) is 2.58. The first-order chi connectivity index (χ1) is 9.08. The molecule has 3 rings (SSSR count). The van der Waals surface area contributed by atoms with Crippen molar-refractivity contribution >= 4 is 17.4 Å². The lowest BCUT2D eigenvalue weighted by Gasteiger charge is -2.28. The highest BCUT2D eigenvalue weighted by molar-refractivity contribution is 6.32. The molecule has 0 radical (unpaired) electrons. The minimum Gasteiger partial charge on any atom is -0.299 e. The van der Waals surface area contributed by atoms with E-state index in [9.17, 15) is 4.79 Å². The molecule has 1 heterocycles. The van der Waals surface area contributed by atoms with Gasteiger partial charge < -0.3 is 0 Å². The zero-order chi connectivity index (χ0) is 13.6. The Balaban J connectivity index is 1.81. The molecule has 0 N–H and O–H groups in total. The number of aryl methyl sites for hydroxylation is 2. The van der Waals surface area contributed by atoms with Gasteiger partial charge in [0.1, 0.15) is 5.78 Å². The van der Waals surface area contributed by atoms with Gasteiger partial charge in [0.15, 0.2) is 0 Å². The van der Waals surface area contributed by atoms with Gasteiger partial charge in [-0.05, 0) is 24.5 Å². The molecule has 1 aliphatic rings. The number of hydrogen-bond donors (Lipinski definition) is 0. The predicted molar refractivity (Wildman–Crippen MR) is 74.6 cm³/mol. The highest BCUT2D eigenvalue weighted by Gasteiger charge is 2.32. The van der Waals surface area contributed by atoms with Crippen molar-refractivity contribution in [1.82, 2.24) is 9.78 Å². The molecule has 0 bridgehead atoms. The predicted octanol–water partition coefficient (Wildman–Crippen LogP) is 2.83. The molecule has 0 fully saturated rings. The average molecular weight is 275 g/mol. The minimum atomic E-state index is 0.0301. The van der Waals surface area contributed by atoms with Gasteiger partial charge in [-0.3, -0.25) is 9.48 Å². The van der Waals surface area contributed by atoms with E-state index in [4.69, 9.17) is 11.6 Å². The third kappa shape index (κ3) is 1.98. The highest BCUT2D eigenvalue weighted by Crippen LogP contribution is 2.36. The van der Waals surface area contributed by atoms with E-state index < -0.39 is 0 Å². The number of aromatic nitrogens is 2. The van der Waals surface area contributed by atoms with Crippen molar-refractivity contribution in [2.75, 3.05) is 0 Å². The molecule has 1 aromatic carbocycles. The maximum absolute atomic E-state index is 12.4. The van der Waals surface area contributed by atoms with E-state index in [0.29, 0.717) is 11.4 Å². The van der Waals surface area contributed by atoms with Gasteiger partial charge >= 0.3 is 0 Å². The second kappa shape index (κ2) is 4.49. The summed E-state index contributed by atoms with van der Waals surface area (Å²) >= 11 is 6.19. The normalized spacial score (nSPS) is 16.9. The largest absolute Gasteiger partial charge is 0.299 e. The smallest absolute Gasteiger partial charge is 0.146 e. The number of carbonyl (C=O) groups is 1. The van der Waals surface area contributed by atoms with Crippen LogP contribution in [0.5, 0.6) is 0 Å². The standard InChI is InChI=1S/C15H15ClN2O/c1-9-15(16)13(18(2)17-9)8-14(19)12-7-10-5-3-4-6-11(10)12/h3-6,12H,7-8H2,1-2H3. The number of halogens is 1. The van der Waals surface area contributed by atoms with Gasteiger partial charge in [0, 0.05) is 13.0 Å². The first-order valence-electron chi connectivity index (χ1n) is 6.36. The number of Topliss-reactive ketones (excluding diaryl/α,β-unsaturated/α-hetero) is 1. The molecule has 0 aliphatic heterocycles. The number of hydrogen-bond acceptors (Lipinski definition) is 2. The van der Waals surface area contributed by atoms with E-state index in [2.05, 4.69) is 11.2 Å². The van der Waals surface area contributed by atoms with Crippen LogP contribution in [0.25, 0.3) is 0 Å². The molecule has 1 unspecified atom stereocenters. The molecule has 0 saturated carbocycles. The van der Waals surface area contributed by atoms with E-state index in [0.717, 1.165) is 17.8 Å². The van der Waals surface area contributed by atoms with Crippen molar-refractivity contribution in [2.24, 2.45) is 7.05 Å².